The summed E-state index contributed by atoms with van der Waals surface area (Å²) >= 11 is 0. The largest absolute Gasteiger partial charge is 0.493 e. The minimum Gasteiger partial charge on any atom is -0.493 e. The van der Waals surface area contributed by atoms with Crippen molar-refractivity contribution in [2.45, 2.75) is 13.2 Å². The molecule has 2 N–H and O–H groups in total. The van der Waals surface area contributed by atoms with E-state index in [0.717, 1.165) is 31.4 Å². The van der Waals surface area contributed by atoms with Crippen LogP contribution in [-0.2, 0) is 4.79 Å². The quantitative estimate of drug-likeness (QED) is 0.457. The lowest BCUT2D eigenvalue weighted by molar-refractivity contribution is -0.111. The molecule has 160 valence electrons. The Morgan fingerprint density at radius 2 is 1.67 bits per heavy atom. The van der Waals surface area contributed by atoms with Crippen LogP contribution in [0.25, 0.3) is 6.08 Å². The monoisotopic (exact) mass is 429 g/mol. The maximum atomic E-state index is 12.6. The van der Waals surface area contributed by atoms with Crippen molar-refractivity contribution < 1.29 is 46.5 Å². The van der Waals surface area contributed by atoms with Crippen molar-refractivity contribution in [2.75, 3.05) is 12.4 Å². The van der Waals surface area contributed by atoms with Crippen molar-refractivity contribution in [3.8, 4) is 17.2 Å². The van der Waals surface area contributed by atoms with Gasteiger partial charge in [-0.1, -0.05) is 12.1 Å². The molecule has 0 bridgehead atoms. The molecule has 2 aromatic carbocycles. The van der Waals surface area contributed by atoms with Gasteiger partial charge in [0.2, 0.25) is 11.7 Å². The summed E-state index contributed by atoms with van der Waals surface area (Å²) in [5.41, 5.74) is -0.00698. The Morgan fingerprint density at radius 3 is 2.27 bits per heavy atom. The summed E-state index contributed by atoms with van der Waals surface area (Å²) < 4.78 is 63.7. The summed E-state index contributed by atoms with van der Waals surface area (Å²) in [4.78, 5) is 23.3. The van der Waals surface area contributed by atoms with Gasteiger partial charge in [-0.2, -0.15) is 17.6 Å². The number of ether oxygens (including phenoxy) is 3. The van der Waals surface area contributed by atoms with Gasteiger partial charge in [0, 0.05) is 6.08 Å². The lowest BCUT2D eigenvalue weighted by Gasteiger charge is -2.15. The number of aromatic carboxylic acids is 1. The van der Waals surface area contributed by atoms with Gasteiger partial charge < -0.3 is 24.6 Å². The Balaban J connectivity index is 2.29. The molecule has 2 rings (SSSR count). The maximum Gasteiger partial charge on any atom is 0.387 e. The number of hydrogen-bond acceptors (Lipinski definition) is 5. The van der Waals surface area contributed by atoms with Gasteiger partial charge >= 0.3 is 19.2 Å². The van der Waals surface area contributed by atoms with Gasteiger partial charge in [0.25, 0.3) is 0 Å². The van der Waals surface area contributed by atoms with E-state index in [9.17, 15) is 27.2 Å². The lowest BCUT2D eigenvalue weighted by atomic mass is 10.1. The average Bonchev–Trinajstić information content (AvgIpc) is 2.67. The number of benzene rings is 2. The van der Waals surface area contributed by atoms with Crippen LogP contribution in [0.2, 0.25) is 0 Å². The first-order valence-corrected chi connectivity index (χ1v) is 8.14. The van der Waals surface area contributed by atoms with Crippen molar-refractivity contribution in [1.29, 1.82) is 0 Å². The van der Waals surface area contributed by atoms with Crippen LogP contribution >= 0.6 is 0 Å². The average molecular weight is 429 g/mol. The lowest BCUT2D eigenvalue weighted by Crippen LogP contribution is -2.12. The number of carboxylic acid groups (broad SMARTS) is 1. The standard InChI is InChI=1S/C19H15F4NO6/c1-28-13-8-10(9-14(29-18(20)21)16(13)30-19(22)23)6-7-15(25)24-12-5-3-2-4-11(12)17(26)27/h2-9,18-19H,1H3,(H,24,25)(H,26,27)/b7-6+. The summed E-state index contributed by atoms with van der Waals surface area (Å²) in [5.74, 6) is -3.76. The van der Waals surface area contributed by atoms with E-state index in [-0.39, 0.29) is 22.6 Å². The van der Waals surface area contributed by atoms with Crippen molar-refractivity contribution in [1.82, 2.24) is 0 Å². The highest BCUT2D eigenvalue weighted by Crippen LogP contribution is 2.40. The number of amides is 1. The fraction of sp³-hybridized carbons (Fsp3) is 0.158. The van der Waals surface area contributed by atoms with Gasteiger partial charge in [0.05, 0.1) is 18.4 Å². The van der Waals surface area contributed by atoms with Crippen LogP contribution in [-0.4, -0.2) is 37.3 Å². The number of carboxylic acids is 1. The van der Waals surface area contributed by atoms with Crippen molar-refractivity contribution in [3.63, 3.8) is 0 Å². The van der Waals surface area contributed by atoms with Gasteiger partial charge in [0.15, 0.2) is 11.5 Å². The van der Waals surface area contributed by atoms with E-state index in [1.807, 2.05) is 0 Å². The Hall–Kier alpha value is -3.76. The van der Waals surface area contributed by atoms with E-state index in [2.05, 4.69) is 14.8 Å². The summed E-state index contributed by atoms with van der Waals surface area (Å²) in [7, 11) is 1.10. The SMILES string of the molecule is COc1cc(/C=C/C(=O)Nc2ccccc2C(=O)O)cc(OC(F)F)c1OC(F)F. The molecule has 1 amide bonds. The minimum atomic E-state index is -3.33. The highest BCUT2D eigenvalue weighted by Gasteiger charge is 2.20. The zero-order valence-electron chi connectivity index (χ0n) is 15.3. The topological polar surface area (TPSA) is 94.1 Å². The number of halogens is 4. The number of para-hydroxylation sites is 1. The fourth-order valence-electron chi connectivity index (χ4n) is 2.36. The first-order chi connectivity index (χ1) is 14.2. The second-order valence-corrected chi connectivity index (χ2v) is 5.48. The fourth-order valence-corrected chi connectivity index (χ4v) is 2.36. The first-order valence-electron chi connectivity index (χ1n) is 8.14. The molecule has 0 unspecified atom stereocenters. The molecule has 0 saturated carbocycles. The Bertz CT molecular complexity index is 949. The first kappa shape index (κ1) is 22.5. The number of anilines is 1. The van der Waals surface area contributed by atoms with E-state index < -0.39 is 36.6 Å². The van der Waals surface area contributed by atoms with Crippen LogP contribution in [0.5, 0.6) is 17.2 Å². The Morgan fingerprint density at radius 1 is 1.03 bits per heavy atom. The third-order valence-electron chi connectivity index (χ3n) is 3.53. The zero-order chi connectivity index (χ0) is 22.3. The van der Waals surface area contributed by atoms with Crippen molar-refractivity contribution in [2.24, 2.45) is 0 Å². The second kappa shape index (κ2) is 10.1. The van der Waals surface area contributed by atoms with Crippen LogP contribution in [0, 0.1) is 0 Å². The number of alkyl halides is 4. The Labute approximate surface area is 167 Å². The molecule has 0 radical (unpaired) electrons. The second-order valence-electron chi connectivity index (χ2n) is 5.48. The van der Waals surface area contributed by atoms with Crippen LogP contribution < -0.4 is 19.5 Å². The van der Waals surface area contributed by atoms with Crippen molar-refractivity contribution in [3.05, 3.63) is 53.6 Å². The predicted octanol–water partition coefficient (Wildman–Crippen LogP) is 4.25. The zero-order valence-corrected chi connectivity index (χ0v) is 15.3. The third-order valence-corrected chi connectivity index (χ3v) is 3.53. The molecular weight excluding hydrogens is 414 g/mol. The molecule has 7 nitrogen and oxygen atoms in total. The molecule has 0 spiro atoms. The number of rotatable bonds is 9. The van der Waals surface area contributed by atoms with Crippen LogP contribution in [0.1, 0.15) is 15.9 Å². The van der Waals surface area contributed by atoms with Gasteiger partial charge in [-0.15, -0.1) is 0 Å². The summed E-state index contributed by atoms with van der Waals surface area (Å²) in [5, 5.41) is 11.5. The molecular formula is C19H15F4NO6. The van der Waals surface area contributed by atoms with Crippen LogP contribution in [0.4, 0.5) is 23.2 Å². The van der Waals surface area contributed by atoms with E-state index in [1.165, 1.54) is 24.3 Å². The summed E-state index contributed by atoms with van der Waals surface area (Å²) in [6, 6.07) is 7.78. The van der Waals surface area contributed by atoms with E-state index in [4.69, 9.17) is 9.84 Å². The van der Waals surface area contributed by atoms with Gasteiger partial charge in [-0.05, 0) is 35.9 Å². The normalized spacial score (nSPS) is 11.0. The molecule has 0 aliphatic rings. The Kier molecular flexibility index (Phi) is 7.62. The molecule has 0 fully saturated rings. The molecule has 0 heterocycles. The summed E-state index contributed by atoms with van der Waals surface area (Å²) in [6.07, 6.45) is 2.14. The van der Waals surface area contributed by atoms with Gasteiger partial charge in [-0.3, -0.25) is 4.79 Å². The minimum absolute atomic E-state index is 0.0413. The molecule has 0 aliphatic heterocycles. The molecule has 0 atom stereocenters. The highest BCUT2D eigenvalue weighted by atomic mass is 19.3. The van der Waals surface area contributed by atoms with Crippen LogP contribution in [0.3, 0.4) is 0 Å². The molecule has 0 aromatic heterocycles. The number of methoxy groups -OCH3 is 1. The summed E-state index contributed by atoms with van der Waals surface area (Å²) in [6.45, 7) is -6.65. The van der Waals surface area contributed by atoms with Crippen molar-refractivity contribution >= 4 is 23.6 Å². The number of carbonyl (C=O) groups is 2. The molecule has 2 aromatic rings. The predicted molar refractivity (Wildman–Crippen MR) is 97.3 cm³/mol. The third kappa shape index (κ3) is 6.12. The van der Waals surface area contributed by atoms with Crippen LogP contribution in [0.15, 0.2) is 42.5 Å². The van der Waals surface area contributed by atoms with E-state index in [1.54, 1.807) is 0 Å². The van der Waals surface area contributed by atoms with Gasteiger partial charge in [-0.25, -0.2) is 4.79 Å². The highest BCUT2D eigenvalue weighted by molar-refractivity contribution is 6.06. The van der Waals surface area contributed by atoms with E-state index in [0.29, 0.717) is 0 Å². The van der Waals surface area contributed by atoms with Gasteiger partial charge in [0.1, 0.15) is 0 Å². The molecule has 11 heteroatoms. The number of hydrogen-bond donors (Lipinski definition) is 2. The molecule has 30 heavy (non-hydrogen) atoms. The van der Waals surface area contributed by atoms with E-state index >= 15 is 0 Å². The molecule has 0 saturated heterocycles. The maximum absolute atomic E-state index is 12.6. The number of carbonyl (C=O) groups excluding carboxylic acids is 1. The molecule has 0 aliphatic carbocycles. The number of nitrogens with one attached hydrogen (secondary N) is 1. The smallest absolute Gasteiger partial charge is 0.387 e.